The second kappa shape index (κ2) is 5.65. The summed E-state index contributed by atoms with van der Waals surface area (Å²) in [5, 5.41) is 13.6. The fourth-order valence-electron chi connectivity index (χ4n) is 2.35. The first-order valence-electron chi connectivity index (χ1n) is 7.03. The maximum Gasteiger partial charge on any atom is 0.171 e. The van der Waals surface area contributed by atoms with E-state index in [1.807, 2.05) is 31.2 Å². The second-order valence-electron chi connectivity index (χ2n) is 5.45. The van der Waals surface area contributed by atoms with Crippen LogP contribution in [-0.4, -0.2) is 45.7 Å². The van der Waals surface area contributed by atoms with Gasteiger partial charge in [0.1, 0.15) is 17.4 Å². The molecule has 21 heavy (non-hydrogen) atoms. The van der Waals surface area contributed by atoms with Gasteiger partial charge in [0.25, 0.3) is 0 Å². The topological polar surface area (TPSA) is 60.0 Å². The lowest BCUT2D eigenvalue weighted by molar-refractivity contribution is 0.312. The largest absolute Gasteiger partial charge is 0.459 e. The Hall–Kier alpha value is -2.21. The highest BCUT2D eigenvalue weighted by Gasteiger charge is 2.21. The number of rotatable bonds is 5. The summed E-state index contributed by atoms with van der Waals surface area (Å²) < 4.78 is 5.98. The highest BCUT2D eigenvalue weighted by molar-refractivity contribution is 5.77. The molecule has 0 spiro atoms. The van der Waals surface area contributed by atoms with Crippen LogP contribution in [0.25, 0.3) is 11.0 Å². The average Bonchev–Trinajstić information content (AvgIpc) is 3.05. The zero-order chi connectivity index (χ0) is 14.8. The molecule has 0 aliphatic rings. The van der Waals surface area contributed by atoms with Gasteiger partial charge in [-0.05, 0) is 44.8 Å². The van der Waals surface area contributed by atoms with E-state index in [1.54, 1.807) is 4.80 Å². The predicted molar refractivity (Wildman–Crippen MR) is 80.1 cm³/mol. The van der Waals surface area contributed by atoms with E-state index >= 15 is 0 Å². The molecule has 1 aromatic carbocycles. The summed E-state index contributed by atoms with van der Waals surface area (Å²) in [6, 6.07) is 10.0. The molecule has 2 heterocycles. The van der Waals surface area contributed by atoms with Crippen molar-refractivity contribution in [3.8, 4) is 0 Å². The van der Waals surface area contributed by atoms with E-state index in [0.717, 1.165) is 29.7 Å². The molecule has 0 saturated heterocycles. The highest BCUT2D eigenvalue weighted by atomic mass is 16.3. The van der Waals surface area contributed by atoms with E-state index in [-0.39, 0.29) is 6.04 Å². The van der Waals surface area contributed by atoms with Gasteiger partial charge >= 0.3 is 0 Å². The van der Waals surface area contributed by atoms with Crippen molar-refractivity contribution in [2.24, 2.45) is 0 Å². The molecule has 2 aromatic heterocycles. The maximum atomic E-state index is 5.98. The van der Waals surface area contributed by atoms with Gasteiger partial charge in [0.2, 0.25) is 0 Å². The quantitative estimate of drug-likeness (QED) is 0.719. The van der Waals surface area contributed by atoms with Crippen LogP contribution < -0.4 is 0 Å². The first-order chi connectivity index (χ1) is 10.1. The number of para-hydroxylation sites is 1. The summed E-state index contributed by atoms with van der Waals surface area (Å²) in [5.74, 6) is 1.54. The molecule has 6 heteroatoms. The summed E-state index contributed by atoms with van der Waals surface area (Å²) in [4.78, 5) is 3.79. The van der Waals surface area contributed by atoms with Crippen LogP contribution in [0, 0.1) is 6.92 Å². The molecule has 0 radical (unpaired) electrons. The minimum atomic E-state index is -0.0407. The molecule has 0 aliphatic heterocycles. The Kier molecular flexibility index (Phi) is 3.70. The SMILES string of the molecule is Cc1nnn(C(CCN(C)C)c2cc3ccccc3o2)n1. The Balaban J connectivity index is 1.97. The Bertz CT molecular complexity index is 697. The zero-order valence-corrected chi connectivity index (χ0v) is 12.5. The van der Waals surface area contributed by atoms with Gasteiger partial charge in [-0.1, -0.05) is 18.2 Å². The first-order valence-corrected chi connectivity index (χ1v) is 7.03. The van der Waals surface area contributed by atoms with E-state index < -0.39 is 0 Å². The summed E-state index contributed by atoms with van der Waals surface area (Å²) in [5.41, 5.74) is 0.888. The first kappa shape index (κ1) is 13.8. The molecular weight excluding hydrogens is 266 g/mol. The minimum Gasteiger partial charge on any atom is -0.459 e. The maximum absolute atomic E-state index is 5.98. The van der Waals surface area contributed by atoms with Gasteiger partial charge in [0.15, 0.2) is 5.82 Å². The monoisotopic (exact) mass is 285 g/mol. The van der Waals surface area contributed by atoms with Crippen LogP contribution in [0.5, 0.6) is 0 Å². The third-order valence-electron chi connectivity index (χ3n) is 3.43. The van der Waals surface area contributed by atoms with Crippen molar-refractivity contribution < 1.29 is 4.42 Å². The Morgan fingerprint density at radius 2 is 2.10 bits per heavy atom. The molecule has 3 rings (SSSR count). The molecule has 0 bridgehead atoms. The molecule has 110 valence electrons. The smallest absolute Gasteiger partial charge is 0.171 e. The minimum absolute atomic E-state index is 0.0407. The van der Waals surface area contributed by atoms with Crippen LogP contribution in [-0.2, 0) is 0 Å². The number of nitrogens with zero attached hydrogens (tertiary/aromatic N) is 5. The van der Waals surface area contributed by atoms with Crippen LogP contribution in [0.3, 0.4) is 0 Å². The normalized spacial score (nSPS) is 13.1. The van der Waals surface area contributed by atoms with Crippen molar-refractivity contribution in [3.63, 3.8) is 0 Å². The molecule has 0 fully saturated rings. The van der Waals surface area contributed by atoms with E-state index in [9.17, 15) is 0 Å². The van der Waals surface area contributed by atoms with Crippen molar-refractivity contribution in [3.05, 3.63) is 41.9 Å². The fourth-order valence-corrected chi connectivity index (χ4v) is 2.35. The molecule has 1 unspecified atom stereocenters. The third-order valence-corrected chi connectivity index (χ3v) is 3.43. The van der Waals surface area contributed by atoms with Gasteiger partial charge in [0.05, 0.1) is 0 Å². The molecule has 0 amide bonds. The molecule has 0 saturated carbocycles. The number of benzene rings is 1. The molecule has 3 aromatic rings. The Labute approximate surface area is 123 Å². The van der Waals surface area contributed by atoms with Crippen LogP contribution >= 0.6 is 0 Å². The van der Waals surface area contributed by atoms with Gasteiger partial charge in [0, 0.05) is 11.9 Å². The summed E-state index contributed by atoms with van der Waals surface area (Å²) >= 11 is 0. The molecular formula is C15H19N5O. The number of tetrazole rings is 1. The third kappa shape index (κ3) is 2.95. The Morgan fingerprint density at radius 1 is 1.29 bits per heavy atom. The van der Waals surface area contributed by atoms with Gasteiger partial charge in [-0.15, -0.1) is 10.2 Å². The lowest BCUT2D eigenvalue weighted by Gasteiger charge is -2.16. The number of hydrogen-bond acceptors (Lipinski definition) is 5. The summed E-state index contributed by atoms with van der Waals surface area (Å²) in [6.45, 7) is 2.76. The van der Waals surface area contributed by atoms with Crippen molar-refractivity contribution >= 4 is 11.0 Å². The lowest BCUT2D eigenvalue weighted by Crippen LogP contribution is -2.21. The second-order valence-corrected chi connectivity index (χ2v) is 5.45. The van der Waals surface area contributed by atoms with Gasteiger partial charge in [-0.2, -0.15) is 4.80 Å². The lowest BCUT2D eigenvalue weighted by atomic mass is 10.1. The van der Waals surface area contributed by atoms with Crippen LogP contribution in [0.1, 0.15) is 24.0 Å². The fraction of sp³-hybridized carbons (Fsp3) is 0.400. The Morgan fingerprint density at radius 3 is 2.76 bits per heavy atom. The van der Waals surface area contributed by atoms with Gasteiger partial charge in [-0.3, -0.25) is 0 Å². The van der Waals surface area contributed by atoms with Gasteiger partial charge < -0.3 is 9.32 Å². The van der Waals surface area contributed by atoms with Gasteiger partial charge in [-0.25, -0.2) is 0 Å². The molecule has 0 N–H and O–H groups in total. The highest BCUT2D eigenvalue weighted by Crippen LogP contribution is 2.27. The zero-order valence-electron chi connectivity index (χ0n) is 12.5. The standard InChI is InChI=1S/C15H19N5O/c1-11-16-18-20(17-11)13(8-9-19(2)3)15-10-12-6-4-5-7-14(12)21-15/h4-7,10,13H,8-9H2,1-3H3. The predicted octanol–water partition coefficient (Wildman–Crippen LogP) is 2.27. The number of fused-ring (bicyclic) bond motifs is 1. The number of aromatic nitrogens is 4. The van der Waals surface area contributed by atoms with Crippen LogP contribution in [0.4, 0.5) is 0 Å². The van der Waals surface area contributed by atoms with E-state index in [2.05, 4.69) is 40.5 Å². The van der Waals surface area contributed by atoms with Crippen molar-refractivity contribution in [2.75, 3.05) is 20.6 Å². The summed E-state index contributed by atoms with van der Waals surface area (Å²) in [7, 11) is 4.10. The average molecular weight is 285 g/mol. The van der Waals surface area contributed by atoms with E-state index in [0.29, 0.717) is 5.82 Å². The van der Waals surface area contributed by atoms with E-state index in [1.165, 1.54) is 0 Å². The number of hydrogen-bond donors (Lipinski definition) is 0. The molecule has 1 atom stereocenters. The van der Waals surface area contributed by atoms with E-state index in [4.69, 9.17) is 4.42 Å². The molecule has 6 nitrogen and oxygen atoms in total. The number of aryl methyl sites for hydroxylation is 1. The van der Waals surface area contributed by atoms with Crippen LogP contribution in [0.2, 0.25) is 0 Å². The van der Waals surface area contributed by atoms with Crippen molar-refractivity contribution in [1.82, 2.24) is 25.1 Å². The molecule has 0 aliphatic carbocycles. The summed E-state index contributed by atoms with van der Waals surface area (Å²) in [6.07, 6.45) is 0.864. The van der Waals surface area contributed by atoms with Crippen LogP contribution in [0.15, 0.2) is 34.7 Å². The van der Waals surface area contributed by atoms with Crippen molar-refractivity contribution in [2.45, 2.75) is 19.4 Å². The van der Waals surface area contributed by atoms with Crippen molar-refractivity contribution in [1.29, 1.82) is 0 Å². The number of furan rings is 1.